The van der Waals surface area contributed by atoms with E-state index < -0.39 is 0 Å². The van der Waals surface area contributed by atoms with Crippen LogP contribution in [0.25, 0.3) is 0 Å². The van der Waals surface area contributed by atoms with E-state index in [1.165, 1.54) is 0 Å². The molecule has 1 fully saturated rings. The first kappa shape index (κ1) is 19.2. The second kappa shape index (κ2) is 10.00. The molecule has 0 spiro atoms. The Morgan fingerprint density at radius 1 is 1.30 bits per heavy atom. The molecular formula is C14H28ClN3O2. The zero-order valence-corrected chi connectivity index (χ0v) is 13.6. The van der Waals surface area contributed by atoms with Gasteiger partial charge in [0.1, 0.15) is 6.04 Å². The smallest absolute Gasteiger partial charge is 0.243 e. The van der Waals surface area contributed by atoms with Crippen LogP contribution in [-0.4, -0.2) is 48.9 Å². The van der Waals surface area contributed by atoms with E-state index in [4.69, 9.17) is 0 Å². The van der Waals surface area contributed by atoms with Gasteiger partial charge in [-0.05, 0) is 25.3 Å². The second-order valence-electron chi connectivity index (χ2n) is 5.42. The van der Waals surface area contributed by atoms with Crippen molar-refractivity contribution in [2.45, 2.75) is 46.1 Å². The van der Waals surface area contributed by atoms with Crippen molar-refractivity contribution >= 4 is 24.2 Å². The van der Waals surface area contributed by atoms with E-state index in [0.717, 1.165) is 25.9 Å². The molecule has 2 N–H and O–H groups in total. The van der Waals surface area contributed by atoms with Crippen molar-refractivity contribution in [3.8, 4) is 0 Å². The summed E-state index contributed by atoms with van der Waals surface area (Å²) in [5.41, 5.74) is 0. The molecule has 0 radical (unpaired) electrons. The van der Waals surface area contributed by atoms with Gasteiger partial charge in [-0.25, -0.2) is 0 Å². The molecule has 1 heterocycles. The number of carbonyl (C=O) groups excluding carboxylic acids is 2. The van der Waals surface area contributed by atoms with Crippen LogP contribution in [-0.2, 0) is 9.59 Å². The van der Waals surface area contributed by atoms with E-state index in [9.17, 15) is 9.59 Å². The average molecular weight is 306 g/mol. The van der Waals surface area contributed by atoms with Gasteiger partial charge in [0.2, 0.25) is 11.8 Å². The SMILES string of the molecule is CCCNCCNC(=O)C(C(C)C)N1CCCC1=O.Cl. The Balaban J connectivity index is 0.00000361. The molecule has 1 rings (SSSR count). The fourth-order valence-electron chi connectivity index (χ4n) is 2.45. The van der Waals surface area contributed by atoms with Crippen molar-refractivity contribution < 1.29 is 9.59 Å². The summed E-state index contributed by atoms with van der Waals surface area (Å²) in [5, 5.41) is 6.17. The van der Waals surface area contributed by atoms with Crippen molar-refractivity contribution in [2.24, 2.45) is 5.92 Å². The van der Waals surface area contributed by atoms with E-state index >= 15 is 0 Å². The highest BCUT2D eigenvalue weighted by Gasteiger charge is 2.34. The molecule has 1 aliphatic heterocycles. The van der Waals surface area contributed by atoms with Crippen molar-refractivity contribution in [2.75, 3.05) is 26.2 Å². The predicted molar refractivity (Wildman–Crippen MR) is 83.0 cm³/mol. The first-order valence-electron chi connectivity index (χ1n) is 7.35. The van der Waals surface area contributed by atoms with Gasteiger partial charge in [0.15, 0.2) is 0 Å². The molecule has 1 saturated heterocycles. The maximum absolute atomic E-state index is 12.2. The predicted octanol–water partition coefficient (Wildman–Crippen LogP) is 1.17. The van der Waals surface area contributed by atoms with Crippen molar-refractivity contribution in [3.05, 3.63) is 0 Å². The Kier molecular flexibility index (Phi) is 9.59. The fourth-order valence-corrected chi connectivity index (χ4v) is 2.45. The molecule has 0 bridgehead atoms. The molecule has 0 aromatic rings. The molecule has 5 nitrogen and oxygen atoms in total. The Morgan fingerprint density at radius 2 is 2.00 bits per heavy atom. The van der Waals surface area contributed by atoms with E-state index in [0.29, 0.717) is 19.5 Å². The normalized spacial score (nSPS) is 16.2. The van der Waals surface area contributed by atoms with Crippen molar-refractivity contribution in [1.82, 2.24) is 15.5 Å². The van der Waals surface area contributed by atoms with E-state index in [1.807, 2.05) is 13.8 Å². The van der Waals surface area contributed by atoms with Crippen LogP contribution >= 0.6 is 12.4 Å². The molecule has 2 amide bonds. The third kappa shape index (κ3) is 5.67. The summed E-state index contributed by atoms with van der Waals surface area (Å²) in [4.78, 5) is 25.7. The molecule has 0 saturated carbocycles. The zero-order valence-electron chi connectivity index (χ0n) is 12.8. The number of halogens is 1. The quantitative estimate of drug-likeness (QED) is 0.662. The standard InChI is InChI=1S/C14H27N3O2.ClH/c1-4-7-15-8-9-16-14(19)13(11(2)3)17-10-5-6-12(17)18;/h11,13,15H,4-10H2,1-3H3,(H,16,19);1H. The third-order valence-electron chi connectivity index (χ3n) is 3.37. The van der Waals surface area contributed by atoms with Gasteiger partial charge in [-0.3, -0.25) is 9.59 Å². The first-order valence-corrected chi connectivity index (χ1v) is 7.35. The first-order chi connectivity index (χ1) is 9.07. The number of rotatable bonds is 8. The summed E-state index contributed by atoms with van der Waals surface area (Å²) in [6.45, 7) is 9.16. The molecule has 1 atom stereocenters. The third-order valence-corrected chi connectivity index (χ3v) is 3.37. The molecule has 0 aliphatic carbocycles. The van der Waals surface area contributed by atoms with Gasteiger partial charge >= 0.3 is 0 Å². The monoisotopic (exact) mass is 305 g/mol. The van der Waals surface area contributed by atoms with Gasteiger partial charge in [0.25, 0.3) is 0 Å². The van der Waals surface area contributed by atoms with E-state index in [1.54, 1.807) is 4.90 Å². The van der Waals surface area contributed by atoms with Gasteiger partial charge in [-0.1, -0.05) is 20.8 Å². The molecular weight excluding hydrogens is 278 g/mol. The molecule has 1 unspecified atom stereocenters. The number of nitrogens with zero attached hydrogens (tertiary/aromatic N) is 1. The maximum atomic E-state index is 12.2. The minimum absolute atomic E-state index is 0. The molecule has 20 heavy (non-hydrogen) atoms. The summed E-state index contributed by atoms with van der Waals surface area (Å²) in [6, 6.07) is -0.318. The average Bonchev–Trinajstić information content (AvgIpc) is 2.75. The van der Waals surface area contributed by atoms with Crippen LogP contribution < -0.4 is 10.6 Å². The van der Waals surface area contributed by atoms with E-state index in [-0.39, 0.29) is 36.2 Å². The highest BCUT2D eigenvalue weighted by Crippen LogP contribution is 2.19. The summed E-state index contributed by atoms with van der Waals surface area (Å²) in [6.07, 6.45) is 2.53. The molecule has 6 heteroatoms. The van der Waals surface area contributed by atoms with Crippen LogP contribution in [0.1, 0.15) is 40.0 Å². The second-order valence-corrected chi connectivity index (χ2v) is 5.42. The van der Waals surface area contributed by atoms with Gasteiger partial charge in [0, 0.05) is 26.1 Å². The maximum Gasteiger partial charge on any atom is 0.243 e. The van der Waals surface area contributed by atoms with Crippen LogP contribution in [0.5, 0.6) is 0 Å². The Labute approximate surface area is 128 Å². The zero-order chi connectivity index (χ0) is 14.3. The number of nitrogens with one attached hydrogen (secondary N) is 2. The largest absolute Gasteiger partial charge is 0.353 e. The van der Waals surface area contributed by atoms with Gasteiger partial charge in [0.05, 0.1) is 0 Å². The van der Waals surface area contributed by atoms with Gasteiger partial charge < -0.3 is 15.5 Å². The summed E-state index contributed by atoms with van der Waals surface area (Å²) < 4.78 is 0. The summed E-state index contributed by atoms with van der Waals surface area (Å²) in [5.74, 6) is 0.229. The lowest BCUT2D eigenvalue weighted by molar-refractivity contribution is -0.139. The Hall–Kier alpha value is -0.810. The highest BCUT2D eigenvalue weighted by atomic mass is 35.5. The lowest BCUT2D eigenvalue weighted by Gasteiger charge is -2.29. The van der Waals surface area contributed by atoms with Gasteiger partial charge in [-0.2, -0.15) is 0 Å². The van der Waals surface area contributed by atoms with Crippen LogP contribution in [0.4, 0.5) is 0 Å². The van der Waals surface area contributed by atoms with Crippen LogP contribution in [0.2, 0.25) is 0 Å². The Morgan fingerprint density at radius 3 is 2.50 bits per heavy atom. The lowest BCUT2D eigenvalue weighted by Crippen LogP contribution is -2.51. The van der Waals surface area contributed by atoms with E-state index in [2.05, 4.69) is 17.6 Å². The summed E-state index contributed by atoms with van der Waals surface area (Å²) in [7, 11) is 0. The lowest BCUT2D eigenvalue weighted by atomic mass is 10.0. The van der Waals surface area contributed by atoms with Crippen LogP contribution in [0.15, 0.2) is 0 Å². The summed E-state index contributed by atoms with van der Waals surface area (Å²) >= 11 is 0. The topological polar surface area (TPSA) is 61.4 Å². The molecule has 118 valence electrons. The Bertz CT molecular complexity index is 311. The van der Waals surface area contributed by atoms with Gasteiger partial charge in [-0.15, -0.1) is 12.4 Å². The minimum atomic E-state index is -0.318. The fraction of sp³-hybridized carbons (Fsp3) is 0.857. The molecule has 0 aromatic carbocycles. The molecule has 0 aromatic heterocycles. The number of hydrogen-bond donors (Lipinski definition) is 2. The van der Waals surface area contributed by atoms with Crippen molar-refractivity contribution in [3.63, 3.8) is 0 Å². The highest BCUT2D eigenvalue weighted by molar-refractivity contribution is 5.88. The number of hydrogen-bond acceptors (Lipinski definition) is 3. The number of amides is 2. The molecule has 1 aliphatic rings. The minimum Gasteiger partial charge on any atom is -0.353 e. The number of likely N-dealkylation sites (tertiary alicyclic amines) is 1. The van der Waals surface area contributed by atoms with Crippen molar-refractivity contribution in [1.29, 1.82) is 0 Å². The number of carbonyl (C=O) groups is 2. The van der Waals surface area contributed by atoms with Crippen LogP contribution in [0.3, 0.4) is 0 Å². The van der Waals surface area contributed by atoms with Crippen LogP contribution in [0, 0.1) is 5.92 Å².